The van der Waals surface area contributed by atoms with Gasteiger partial charge in [0.25, 0.3) is 0 Å². The van der Waals surface area contributed by atoms with E-state index in [2.05, 4.69) is 19.1 Å². The first-order chi connectivity index (χ1) is 6.29. The number of carbonyl (C=O) groups excluding carboxylic acids is 1. The molecule has 0 aliphatic carbocycles. The lowest BCUT2D eigenvalue weighted by molar-refractivity contribution is -0.129. The molecule has 0 N–H and O–H groups in total. The van der Waals surface area contributed by atoms with Gasteiger partial charge in [-0.25, -0.2) is 0 Å². The minimum Gasteiger partial charge on any atom is -0.312 e. The fourth-order valence-electron chi connectivity index (χ4n) is 2.00. The van der Waals surface area contributed by atoms with Gasteiger partial charge in [-0.3, -0.25) is 4.79 Å². The van der Waals surface area contributed by atoms with Crippen LogP contribution in [0.5, 0.6) is 0 Å². The molecule has 0 atom stereocenters. The SMILES string of the molecule is CC1=CCCC(=O)N2CCCC=C12. The molecule has 0 bridgehead atoms. The summed E-state index contributed by atoms with van der Waals surface area (Å²) in [6.45, 7) is 3.01. The predicted octanol–water partition coefficient (Wildman–Crippen LogP) is 2.23. The van der Waals surface area contributed by atoms with Crippen molar-refractivity contribution in [2.24, 2.45) is 0 Å². The number of nitrogens with zero attached hydrogens (tertiary/aromatic N) is 1. The number of amides is 1. The zero-order valence-electron chi connectivity index (χ0n) is 8.05. The third kappa shape index (κ3) is 1.53. The molecule has 70 valence electrons. The van der Waals surface area contributed by atoms with Crippen LogP contribution in [-0.2, 0) is 4.79 Å². The summed E-state index contributed by atoms with van der Waals surface area (Å²) in [7, 11) is 0. The fraction of sp³-hybridized carbons (Fsp3) is 0.545. The van der Waals surface area contributed by atoms with E-state index in [-0.39, 0.29) is 0 Å². The maximum absolute atomic E-state index is 11.6. The highest BCUT2D eigenvalue weighted by Gasteiger charge is 2.22. The third-order valence-electron chi connectivity index (χ3n) is 2.73. The Morgan fingerprint density at radius 2 is 2.15 bits per heavy atom. The highest BCUT2D eigenvalue weighted by atomic mass is 16.2. The Bertz CT molecular complexity index is 288. The summed E-state index contributed by atoms with van der Waals surface area (Å²) in [6.07, 6.45) is 8.17. The molecule has 0 fully saturated rings. The second-order valence-electron chi connectivity index (χ2n) is 3.70. The van der Waals surface area contributed by atoms with Crippen molar-refractivity contribution in [2.45, 2.75) is 32.6 Å². The number of hydrogen-bond donors (Lipinski definition) is 0. The van der Waals surface area contributed by atoms with E-state index >= 15 is 0 Å². The molecule has 2 heteroatoms. The Kier molecular flexibility index (Phi) is 2.21. The molecule has 13 heavy (non-hydrogen) atoms. The lowest BCUT2D eigenvalue weighted by atomic mass is 10.1. The summed E-state index contributed by atoms with van der Waals surface area (Å²) < 4.78 is 0. The Labute approximate surface area is 78.9 Å². The zero-order valence-corrected chi connectivity index (χ0v) is 8.05. The van der Waals surface area contributed by atoms with Crippen LogP contribution in [0.25, 0.3) is 0 Å². The predicted molar refractivity (Wildman–Crippen MR) is 52.0 cm³/mol. The van der Waals surface area contributed by atoms with Crippen LogP contribution in [0.1, 0.15) is 32.6 Å². The topological polar surface area (TPSA) is 20.3 Å². The Hall–Kier alpha value is -1.05. The smallest absolute Gasteiger partial charge is 0.227 e. The number of hydrogen-bond acceptors (Lipinski definition) is 1. The first kappa shape index (κ1) is 8.54. The van der Waals surface area contributed by atoms with E-state index < -0.39 is 0 Å². The van der Waals surface area contributed by atoms with Crippen LogP contribution < -0.4 is 0 Å². The molecule has 2 aliphatic rings. The quantitative estimate of drug-likeness (QED) is 0.555. The van der Waals surface area contributed by atoms with Gasteiger partial charge in [-0.1, -0.05) is 12.2 Å². The third-order valence-corrected chi connectivity index (χ3v) is 2.73. The molecule has 0 aromatic heterocycles. The Morgan fingerprint density at radius 1 is 1.31 bits per heavy atom. The monoisotopic (exact) mass is 177 g/mol. The molecule has 0 saturated heterocycles. The van der Waals surface area contributed by atoms with Gasteiger partial charge in [0.1, 0.15) is 0 Å². The maximum Gasteiger partial charge on any atom is 0.227 e. The highest BCUT2D eigenvalue weighted by Crippen LogP contribution is 2.25. The van der Waals surface area contributed by atoms with Gasteiger partial charge in [0.15, 0.2) is 0 Å². The summed E-state index contributed by atoms with van der Waals surface area (Å²) in [5, 5.41) is 0. The van der Waals surface area contributed by atoms with Crippen LogP contribution in [0, 0.1) is 0 Å². The van der Waals surface area contributed by atoms with E-state index in [0.717, 1.165) is 31.5 Å². The van der Waals surface area contributed by atoms with Gasteiger partial charge in [0.2, 0.25) is 5.91 Å². The summed E-state index contributed by atoms with van der Waals surface area (Å²) in [4.78, 5) is 13.6. The summed E-state index contributed by atoms with van der Waals surface area (Å²) in [6, 6.07) is 0. The van der Waals surface area contributed by atoms with Crippen molar-refractivity contribution in [3.8, 4) is 0 Å². The molecule has 0 saturated carbocycles. The maximum atomic E-state index is 11.6. The highest BCUT2D eigenvalue weighted by molar-refractivity contribution is 5.80. The van der Waals surface area contributed by atoms with Gasteiger partial charge in [-0.05, 0) is 31.8 Å². The molecule has 0 aromatic rings. The second-order valence-corrected chi connectivity index (χ2v) is 3.70. The first-order valence-electron chi connectivity index (χ1n) is 4.96. The van der Waals surface area contributed by atoms with Crippen molar-refractivity contribution in [3.63, 3.8) is 0 Å². The van der Waals surface area contributed by atoms with Crippen LogP contribution in [0.2, 0.25) is 0 Å². The van der Waals surface area contributed by atoms with Crippen LogP contribution >= 0.6 is 0 Å². The normalized spacial score (nSPS) is 23.2. The number of fused-ring (bicyclic) bond motifs is 1. The summed E-state index contributed by atoms with van der Waals surface area (Å²) in [5.74, 6) is 0.291. The van der Waals surface area contributed by atoms with Gasteiger partial charge in [0, 0.05) is 18.7 Å². The standard InChI is InChI=1S/C11H15NO/c1-9-5-4-7-11(13)12-8-3-2-6-10(9)12/h5-6H,2-4,7-8H2,1H3. The zero-order chi connectivity index (χ0) is 9.26. The molecule has 2 rings (SSSR count). The molecule has 0 aromatic carbocycles. The van der Waals surface area contributed by atoms with Gasteiger partial charge in [0.05, 0.1) is 0 Å². The van der Waals surface area contributed by atoms with Crippen LogP contribution in [0.4, 0.5) is 0 Å². The molecule has 2 aliphatic heterocycles. The average molecular weight is 177 g/mol. The van der Waals surface area contributed by atoms with E-state index in [1.807, 2.05) is 4.90 Å². The van der Waals surface area contributed by atoms with E-state index in [1.165, 1.54) is 5.57 Å². The van der Waals surface area contributed by atoms with Crippen molar-refractivity contribution in [1.29, 1.82) is 0 Å². The van der Waals surface area contributed by atoms with E-state index in [0.29, 0.717) is 12.3 Å². The van der Waals surface area contributed by atoms with Gasteiger partial charge in [-0.15, -0.1) is 0 Å². The van der Waals surface area contributed by atoms with Crippen LogP contribution in [0.3, 0.4) is 0 Å². The Morgan fingerprint density at radius 3 is 3.00 bits per heavy atom. The van der Waals surface area contributed by atoms with Crippen LogP contribution in [-0.4, -0.2) is 17.4 Å². The first-order valence-corrected chi connectivity index (χ1v) is 4.96. The van der Waals surface area contributed by atoms with E-state index in [9.17, 15) is 4.79 Å². The minimum atomic E-state index is 0.291. The van der Waals surface area contributed by atoms with Gasteiger partial charge in [-0.2, -0.15) is 0 Å². The number of rotatable bonds is 0. The van der Waals surface area contributed by atoms with Gasteiger partial charge < -0.3 is 4.90 Å². The number of carbonyl (C=O) groups is 1. The summed E-state index contributed by atoms with van der Waals surface area (Å²) in [5.41, 5.74) is 2.43. The minimum absolute atomic E-state index is 0.291. The summed E-state index contributed by atoms with van der Waals surface area (Å²) >= 11 is 0. The second kappa shape index (κ2) is 3.36. The molecule has 2 heterocycles. The van der Waals surface area contributed by atoms with E-state index in [1.54, 1.807) is 0 Å². The molecule has 0 spiro atoms. The van der Waals surface area contributed by atoms with Crippen molar-refractivity contribution >= 4 is 5.91 Å². The fourth-order valence-corrected chi connectivity index (χ4v) is 2.00. The van der Waals surface area contributed by atoms with Crippen LogP contribution in [0.15, 0.2) is 23.4 Å². The lowest BCUT2D eigenvalue weighted by Crippen LogP contribution is -2.32. The number of allylic oxidation sites excluding steroid dienone is 3. The molecular formula is C11H15NO. The molecular weight excluding hydrogens is 162 g/mol. The molecule has 1 amide bonds. The van der Waals surface area contributed by atoms with Gasteiger partial charge >= 0.3 is 0 Å². The van der Waals surface area contributed by atoms with Crippen molar-refractivity contribution in [1.82, 2.24) is 4.90 Å². The molecule has 2 nitrogen and oxygen atoms in total. The van der Waals surface area contributed by atoms with E-state index in [4.69, 9.17) is 0 Å². The Balaban J connectivity index is 2.34. The van der Waals surface area contributed by atoms with Crippen molar-refractivity contribution in [3.05, 3.63) is 23.4 Å². The largest absolute Gasteiger partial charge is 0.312 e. The average Bonchev–Trinajstić information content (AvgIpc) is 2.29. The molecule has 0 radical (unpaired) electrons. The molecule has 0 unspecified atom stereocenters. The van der Waals surface area contributed by atoms with Crippen molar-refractivity contribution < 1.29 is 4.79 Å². The lowest BCUT2D eigenvalue weighted by Gasteiger charge is -2.27. The van der Waals surface area contributed by atoms with Crippen molar-refractivity contribution in [2.75, 3.05) is 6.54 Å².